The Morgan fingerprint density at radius 2 is 1.76 bits per heavy atom. The predicted octanol–water partition coefficient (Wildman–Crippen LogP) is 2.24. The largest absolute Gasteiger partial charge is 0.423 e. The molecule has 0 unspecified atom stereocenters. The van der Waals surface area contributed by atoms with E-state index < -0.39 is 16.0 Å². The van der Waals surface area contributed by atoms with Gasteiger partial charge in [0.2, 0.25) is 10.0 Å². The number of nitrogens with zero attached hydrogens (tertiary/aromatic N) is 1. The Bertz CT molecular complexity index is 855. The van der Waals surface area contributed by atoms with E-state index >= 15 is 0 Å². The molecule has 2 aromatic carbocycles. The van der Waals surface area contributed by atoms with Gasteiger partial charge in [-0.3, -0.25) is 0 Å². The van der Waals surface area contributed by atoms with Gasteiger partial charge in [0.1, 0.15) is 5.75 Å². The highest BCUT2D eigenvalue weighted by molar-refractivity contribution is 7.89. The van der Waals surface area contributed by atoms with Gasteiger partial charge in [-0.05, 0) is 43.3 Å². The average Bonchev–Trinajstić information content (AvgIpc) is 2.63. The summed E-state index contributed by atoms with van der Waals surface area (Å²) in [5.74, 6) is -0.181. The highest BCUT2D eigenvalue weighted by Crippen LogP contribution is 2.21. The molecule has 0 aliphatic carbocycles. The van der Waals surface area contributed by atoms with Crippen molar-refractivity contribution >= 4 is 16.0 Å². The molecule has 0 spiro atoms. The second kappa shape index (κ2) is 7.35. The molecule has 0 bridgehead atoms. The molecule has 0 N–H and O–H groups in total. The summed E-state index contributed by atoms with van der Waals surface area (Å²) >= 11 is 0. The molecular formula is C18H19NO5S. The number of benzene rings is 2. The van der Waals surface area contributed by atoms with E-state index in [4.69, 9.17) is 9.47 Å². The molecule has 0 aromatic heterocycles. The predicted molar refractivity (Wildman–Crippen MR) is 92.2 cm³/mol. The number of sulfonamides is 1. The highest BCUT2D eigenvalue weighted by Gasteiger charge is 2.26. The lowest BCUT2D eigenvalue weighted by atomic mass is 10.1. The molecule has 1 aliphatic heterocycles. The maximum absolute atomic E-state index is 12.5. The summed E-state index contributed by atoms with van der Waals surface area (Å²) in [6, 6.07) is 13.0. The van der Waals surface area contributed by atoms with Crippen molar-refractivity contribution in [2.75, 3.05) is 26.3 Å². The number of aryl methyl sites for hydroxylation is 1. The minimum Gasteiger partial charge on any atom is -0.423 e. The molecule has 0 radical (unpaired) electrons. The number of hydrogen-bond donors (Lipinski definition) is 0. The van der Waals surface area contributed by atoms with Gasteiger partial charge in [-0.2, -0.15) is 4.31 Å². The molecule has 0 amide bonds. The van der Waals surface area contributed by atoms with Gasteiger partial charge in [0.25, 0.3) is 0 Å². The van der Waals surface area contributed by atoms with Gasteiger partial charge in [0.15, 0.2) is 0 Å². The lowest BCUT2D eigenvalue weighted by Gasteiger charge is -2.26. The van der Waals surface area contributed by atoms with Gasteiger partial charge in [0, 0.05) is 13.1 Å². The molecule has 25 heavy (non-hydrogen) atoms. The summed E-state index contributed by atoms with van der Waals surface area (Å²) in [7, 11) is -3.55. The third-order valence-electron chi connectivity index (χ3n) is 3.90. The Morgan fingerprint density at radius 1 is 1.08 bits per heavy atom. The number of morpholine rings is 1. The third kappa shape index (κ3) is 4.07. The molecule has 3 rings (SSSR count). The lowest BCUT2D eigenvalue weighted by molar-refractivity contribution is 0.0728. The highest BCUT2D eigenvalue weighted by atomic mass is 32.2. The fourth-order valence-electron chi connectivity index (χ4n) is 2.55. The first-order valence-electron chi connectivity index (χ1n) is 7.93. The average molecular weight is 361 g/mol. The Labute approximate surface area is 147 Å². The summed E-state index contributed by atoms with van der Waals surface area (Å²) in [5.41, 5.74) is 1.41. The number of carbonyl (C=O) groups is 1. The van der Waals surface area contributed by atoms with Crippen LogP contribution in [-0.4, -0.2) is 45.0 Å². The van der Waals surface area contributed by atoms with E-state index in [0.717, 1.165) is 5.56 Å². The lowest BCUT2D eigenvalue weighted by Crippen LogP contribution is -2.40. The van der Waals surface area contributed by atoms with Crippen LogP contribution in [0.25, 0.3) is 0 Å². The molecular weight excluding hydrogens is 342 g/mol. The van der Waals surface area contributed by atoms with Crippen LogP contribution < -0.4 is 4.74 Å². The molecule has 1 fully saturated rings. The van der Waals surface area contributed by atoms with Crippen molar-refractivity contribution in [3.63, 3.8) is 0 Å². The van der Waals surface area contributed by atoms with Gasteiger partial charge in [-0.25, -0.2) is 13.2 Å². The van der Waals surface area contributed by atoms with Gasteiger partial charge in [-0.1, -0.05) is 17.7 Å². The maximum atomic E-state index is 12.5. The second-order valence-electron chi connectivity index (χ2n) is 5.75. The van der Waals surface area contributed by atoms with Gasteiger partial charge in [0.05, 0.1) is 23.7 Å². The van der Waals surface area contributed by atoms with Crippen molar-refractivity contribution in [2.24, 2.45) is 0 Å². The van der Waals surface area contributed by atoms with Crippen LogP contribution >= 0.6 is 0 Å². The topological polar surface area (TPSA) is 72.9 Å². The van der Waals surface area contributed by atoms with E-state index in [1.807, 2.05) is 13.0 Å². The third-order valence-corrected chi connectivity index (χ3v) is 5.81. The van der Waals surface area contributed by atoms with Crippen molar-refractivity contribution in [2.45, 2.75) is 11.8 Å². The zero-order valence-corrected chi connectivity index (χ0v) is 14.7. The second-order valence-corrected chi connectivity index (χ2v) is 7.68. The summed E-state index contributed by atoms with van der Waals surface area (Å²) in [6.07, 6.45) is 0. The van der Waals surface area contributed by atoms with Crippen molar-refractivity contribution in [1.82, 2.24) is 4.31 Å². The molecule has 132 valence electrons. The number of hydrogen-bond acceptors (Lipinski definition) is 5. The minimum atomic E-state index is -3.55. The molecule has 1 heterocycles. The maximum Gasteiger partial charge on any atom is 0.343 e. The normalized spacial score (nSPS) is 15.7. The summed E-state index contributed by atoms with van der Waals surface area (Å²) in [6.45, 7) is 3.36. The van der Waals surface area contributed by atoms with Gasteiger partial charge >= 0.3 is 5.97 Å². The first-order valence-corrected chi connectivity index (χ1v) is 9.38. The van der Waals surface area contributed by atoms with Crippen LogP contribution in [0.15, 0.2) is 53.4 Å². The molecule has 1 aliphatic rings. The fourth-order valence-corrected chi connectivity index (χ4v) is 3.96. The van der Waals surface area contributed by atoms with Crippen LogP contribution in [0, 0.1) is 6.92 Å². The SMILES string of the molecule is Cc1cccc(C(=O)Oc2ccc(S(=O)(=O)N3CCOCC3)cc2)c1. The van der Waals surface area contributed by atoms with E-state index in [1.165, 1.54) is 28.6 Å². The van der Waals surface area contributed by atoms with Crippen molar-refractivity contribution < 1.29 is 22.7 Å². The Balaban J connectivity index is 1.73. The number of carbonyl (C=O) groups excluding carboxylic acids is 1. The van der Waals surface area contributed by atoms with Crippen molar-refractivity contribution in [3.05, 3.63) is 59.7 Å². The molecule has 7 heteroatoms. The Hall–Kier alpha value is -2.22. The van der Waals surface area contributed by atoms with Gasteiger partial charge in [-0.15, -0.1) is 0 Å². The van der Waals surface area contributed by atoms with Crippen LogP contribution in [-0.2, 0) is 14.8 Å². The standard InChI is InChI=1S/C18H19NO5S/c1-14-3-2-4-15(13-14)18(20)24-16-5-7-17(8-6-16)25(21,22)19-9-11-23-12-10-19/h2-8,13H,9-12H2,1H3. The van der Waals surface area contributed by atoms with E-state index in [1.54, 1.807) is 18.2 Å². The number of esters is 1. The molecule has 0 atom stereocenters. The summed E-state index contributed by atoms with van der Waals surface area (Å²) in [4.78, 5) is 12.3. The van der Waals surface area contributed by atoms with Crippen LogP contribution in [0.5, 0.6) is 5.75 Å². The molecule has 2 aromatic rings. The summed E-state index contributed by atoms with van der Waals surface area (Å²) in [5, 5.41) is 0. The van der Waals surface area contributed by atoms with E-state index in [2.05, 4.69) is 0 Å². The van der Waals surface area contributed by atoms with Crippen molar-refractivity contribution in [1.29, 1.82) is 0 Å². The van der Waals surface area contributed by atoms with Crippen LogP contribution in [0.3, 0.4) is 0 Å². The minimum absolute atomic E-state index is 0.171. The molecule has 1 saturated heterocycles. The van der Waals surface area contributed by atoms with E-state index in [0.29, 0.717) is 37.6 Å². The van der Waals surface area contributed by atoms with Crippen molar-refractivity contribution in [3.8, 4) is 5.75 Å². The Morgan fingerprint density at radius 3 is 2.40 bits per heavy atom. The summed E-state index contributed by atoms with van der Waals surface area (Å²) < 4.78 is 37.0. The first-order chi connectivity index (χ1) is 12.0. The van der Waals surface area contributed by atoms with E-state index in [9.17, 15) is 13.2 Å². The first kappa shape index (κ1) is 17.6. The van der Waals surface area contributed by atoms with Crippen LogP contribution in [0.2, 0.25) is 0 Å². The molecule has 0 saturated carbocycles. The Kier molecular flexibility index (Phi) is 5.17. The van der Waals surface area contributed by atoms with Crippen LogP contribution in [0.4, 0.5) is 0 Å². The zero-order chi connectivity index (χ0) is 17.9. The van der Waals surface area contributed by atoms with Crippen LogP contribution in [0.1, 0.15) is 15.9 Å². The number of ether oxygens (including phenoxy) is 2. The smallest absolute Gasteiger partial charge is 0.343 e. The monoisotopic (exact) mass is 361 g/mol. The van der Waals surface area contributed by atoms with Gasteiger partial charge < -0.3 is 9.47 Å². The fraction of sp³-hybridized carbons (Fsp3) is 0.278. The molecule has 6 nitrogen and oxygen atoms in total. The van der Waals surface area contributed by atoms with E-state index in [-0.39, 0.29) is 4.90 Å². The number of rotatable bonds is 4. The quantitative estimate of drug-likeness (QED) is 0.617. The zero-order valence-electron chi connectivity index (χ0n) is 13.8.